The molecule has 0 radical (unpaired) electrons. The number of rotatable bonds is 8. The summed E-state index contributed by atoms with van der Waals surface area (Å²) in [6.07, 6.45) is -0.886. The predicted octanol–water partition coefficient (Wildman–Crippen LogP) is 4.23. The van der Waals surface area contributed by atoms with Gasteiger partial charge in [0, 0.05) is 12.1 Å². The topological polar surface area (TPSA) is 84.5 Å². The minimum absolute atomic E-state index is 0.148. The maximum Gasteiger partial charge on any atom is 0.265 e. The second kappa shape index (κ2) is 10.2. The van der Waals surface area contributed by atoms with Crippen LogP contribution in [0.3, 0.4) is 0 Å². The Labute approximate surface area is 181 Å². The summed E-state index contributed by atoms with van der Waals surface area (Å²) in [4.78, 5) is 37.1. The van der Waals surface area contributed by atoms with Gasteiger partial charge in [-0.3, -0.25) is 14.4 Å². The molecule has 3 aromatic rings. The standard InChI is InChI=1S/C25H24N2O4/c1-17(28)20-12-6-8-14-22(20)27-24(29)18(2)31-23-15-9-7-13-21(23)25(30)26-16-19-10-4-3-5-11-19/h3-15,18H,16H2,1-2H3,(H,26,30)(H,27,29)/t18-/m0/s1. The van der Waals surface area contributed by atoms with Gasteiger partial charge in [-0.2, -0.15) is 0 Å². The highest BCUT2D eigenvalue weighted by atomic mass is 16.5. The van der Waals surface area contributed by atoms with Crippen molar-refractivity contribution >= 4 is 23.3 Å². The summed E-state index contributed by atoms with van der Waals surface area (Å²) < 4.78 is 5.80. The number of para-hydroxylation sites is 2. The molecule has 3 aromatic carbocycles. The average Bonchev–Trinajstić information content (AvgIpc) is 2.78. The largest absolute Gasteiger partial charge is 0.480 e. The van der Waals surface area contributed by atoms with Gasteiger partial charge in [-0.25, -0.2) is 0 Å². The first-order valence-corrected chi connectivity index (χ1v) is 9.94. The van der Waals surface area contributed by atoms with Crippen molar-refractivity contribution in [1.82, 2.24) is 5.32 Å². The molecule has 0 fully saturated rings. The van der Waals surface area contributed by atoms with Gasteiger partial charge >= 0.3 is 0 Å². The van der Waals surface area contributed by atoms with E-state index in [2.05, 4.69) is 10.6 Å². The normalized spacial score (nSPS) is 11.3. The van der Waals surface area contributed by atoms with Crippen LogP contribution in [0.4, 0.5) is 5.69 Å². The van der Waals surface area contributed by atoms with Gasteiger partial charge in [-0.1, -0.05) is 54.6 Å². The number of hydrogen-bond donors (Lipinski definition) is 2. The third-order valence-electron chi connectivity index (χ3n) is 4.66. The Morgan fingerprint density at radius 2 is 1.45 bits per heavy atom. The number of carbonyl (C=O) groups excluding carboxylic acids is 3. The number of ether oxygens (including phenoxy) is 1. The maximum absolute atomic E-state index is 12.7. The van der Waals surface area contributed by atoms with E-state index in [0.29, 0.717) is 29.1 Å². The van der Waals surface area contributed by atoms with Crippen LogP contribution in [0.25, 0.3) is 0 Å². The molecule has 0 aromatic heterocycles. The van der Waals surface area contributed by atoms with E-state index in [9.17, 15) is 14.4 Å². The first-order valence-electron chi connectivity index (χ1n) is 9.94. The molecule has 0 aliphatic carbocycles. The van der Waals surface area contributed by atoms with Crippen LogP contribution in [0.1, 0.15) is 40.1 Å². The molecule has 0 unspecified atom stereocenters. The Bertz CT molecular complexity index is 1080. The molecule has 3 rings (SSSR count). The Hall–Kier alpha value is -3.93. The molecule has 0 bridgehead atoms. The lowest BCUT2D eigenvalue weighted by molar-refractivity contribution is -0.122. The van der Waals surface area contributed by atoms with Crippen molar-refractivity contribution in [3.05, 3.63) is 95.6 Å². The molecule has 0 saturated heterocycles. The van der Waals surface area contributed by atoms with Crippen molar-refractivity contribution < 1.29 is 19.1 Å². The molecule has 0 saturated carbocycles. The second-order valence-corrected chi connectivity index (χ2v) is 7.02. The van der Waals surface area contributed by atoms with Gasteiger partial charge in [0.25, 0.3) is 11.8 Å². The van der Waals surface area contributed by atoms with E-state index in [1.54, 1.807) is 55.5 Å². The quantitative estimate of drug-likeness (QED) is 0.539. The number of amides is 2. The average molecular weight is 416 g/mol. The lowest BCUT2D eigenvalue weighted by Gasteiger charge is -2.18. The van der Waals surface area contributed by atoms with Crippen LogP contribution >= 0.6 is 0 Å². The summed E-state index contributed by atoms with van der Waals surface area (Å²) in [5.74, 6) is -0.567. The van der Waals surface area contributed by atoms with Crippen molar-refractivity contribution in [2.75, 3.05) is 5.32 Å². The molecule has 158 valence electrons. The first kappa shape index (κ1) is 21.8. The van der Waals surface area contributed by atoms with Crippen molar-refractivity contribution in [2.24, 2.45) is 0 Å². The van der Waals surface area contributed by atoms with E-state index in [0.717, 1.165) is 5.56 Å². The number of Topliss-reactive ketones (excluding diaryl/α,β-unsaturated/α-hetero) is 1. The number of ketones is 1. The van der Waals surface area contributed by atoms with E-state index in [1.165, 1.54) is 6.92 Å². The van der Waals surface area contributed by atoms with E-state index < -0.39 is 12.0 Å². The zero-order valence-electron chi connectivity index (χ0n) is 17.4. The fourth-order valence-electron chi connectivity index (χ4n) is 3.01. The highest BCUT2D eigenvalue weighted by Gasteiger charge is 2.20. The molecule has 0 aliphatic rings. The van der Waals surface area contributed by atoms with Crippen molar-refractivity contribution in [3.8, 4) is 5.75 Å². The van der Waals surface area contributed by atoms with Gasteiger partial charge in [0.15, 0.2) is 11.9 Å². The SMILES string of the molecule is CC(=O)c1ccccc1NC(=O)[C@H](C)Oc1ccccc1C(=O)NCc1ccccc1. The lowest BCUT2D eigenvalue weighted by Crippen LogP contribution is -2.31. The minimum Gasteiger partial charge on any atom is -0.480 e. The van der Waals surface area contributed by atoms with Gasteiger partial charge in [0.2, 0.25) is 0 Å². The number of benzene rings is 3. The zero-order valence-corrected chi connectivity index (χ0v) is 17.4. The fourth-order valence-corrected chi connectivity index (χ4v) is 3.01. The predicted molar refractivity (Wildman–Crippen MR) is 119 cm³/mol. The molecule has 6 heteroatoms. The first-order chi connectivity index (χ1) is 15.0. The van der Waals surface area contributed by atoms with Crippen molar-refractivity contribution in [3.63, 3.8) is 0 Å². The second-order valence-electron chi connectivity index (χ2n) is 7.02. The number of anilines is 1. The Balaban J connectivity index is 1.68. The van der Waals surface area contributed by atoms with Gasteiger partial charge in [-0.15, -0.1) is 0 Å². The minimum atomic E-state index is -0.886. The smallest absolute Gasteiger partial charge is 0.265 e. The molecule has 1 atom stereocenters. The number of hydrogen-bond acceptors (Lipinski definition) is 4. The van der Waals surface area contributed by atoms with E-state index in [1.807, 2.05) is 30.3 Å². The molecular weight excluding hydrogens is 392 g/mol. The van der Waals surface area contributed by atoms with Crippen LogP contribution in [-0.4, -0.2) is 23.7 Å². The summed E-state index contributed by atoms with van der Waals surface area (Å²) in [6.45, 7) is 3.41. The lowest BCUT2D eigenvalue weighted by atomic mass is 10.1. The van der Waals surface area contributed by atoms with Gasteiger partial charge in [0.05, 0.1) is 11.3 Å². The third-order valence-corrected chi connectivity index (χ3v) is 4.66. The van der Waals surface area contributed by atoms with Crippen LogP contribution in [0, 0.1) is 0 Å². The number of carbonyl (C=O) groups is 3. The molecule has 0 spiro atoms. The maximum atomic E-state index is 12.7. The molecule has 0 aliphatic heterocycles. The summed E-state index contributed by atoms with van der Waals surface area (Å²) in [6, 6.07) is 23.1. The molecule has 0 heterocycles. The number of nitrogens with one attached hydrogen (secondary N) is 2. The van der Waals surface area contributed by atoms with Crippen LogP contribution in [0.15, 0.2) is 78.9 Å². The monoisotopic (exact) mass is 416 g/mol. The molecule has 2 N–H and O–H groups in total. The molecular formula is C25H24N2O4. The van der Waals surface area contributed by atoms with Gasteiger partial charge in [0.1, 0.15) is 5.75 Å². The summed E-state index contributed by atoms with van der Waals surface area (Å²) in [7, 11) is 0. The van der Waals surface area contributed by atoms with Crippen molar-refractivity contribution in [1.29, 1.82) is 0 Å². The summed E-state index contributed by atoms with van der Waals surface area (Å²) in [5, 5.41) is 5.58. The van der Waals surface area contributed by atoms with Gasteiger partial charge in [-0.05, 0) is 43.7 Å². The fraction of sp³-hybridized carbons (Fsp3) is 0.160. The summed E-state index contributed by atoms with van der Waals surface area (Å²) >= 11 is 0. The van der Waals surface area contributed by atoms with E-state index in [4.69, 9.17) is 4.74 Å². The van der Waals surface area contributed by atoms with Crippen LogP contribution in [0.5, 0.6) is 5.75 Å². The van der Waals surface area contributed by atoms with Crippen LogP contribution in [-0.2, 0) is 11.3 Å². The Morgan fingerprint density at radius 3 is 2.16 bits per heavy atom. The van der Waals surface area contributed by atoms with Crippen LogP contribution < -0.4 is 15.4 Å². The van der Waals surface area contributed by atoms with E-state index in [-0.39, 0.29) is 11.7 Å². The summed E-state index contributed by atoms with van der Waals surface area (Å²) in [5.41, 5.74) is 2.15. The Kier molecular flexibility index (Phi) is 7.17. The van der Waals surface area contributed by atoms with Gasteiger partial charge < -0.3 is 15.4 Å². The van der Waals surface area contributed by atoms with Crippen LogP contribution in [0.2, 0.25) is 0 Å². The van der Waals surface area contributed by atoms with E-state index >= 15 is 0 Å². The zero-order chi connectivity index (χ0) is 22.2. The molecule has 6 nitrogen and oxygen atoms in total. The van der Waals surface area contributed by atoms with Crippen molar-refractivity contribution in [2.45, 2.75) is 26.5 Å². The highest BCUT2D eigenvalue weighted by molar-refractivity contribution is 6.04. The Morgan fingerprint density at radius 1 is 0.839 bits per heavy atom. The third kappa shape index (κ3) is 5.79. The highest BCUT2D eigenvalue weighted by Crippen LogP contribution is 2.21. The molecule has 2 amide bonds. The molecule has 31 heavy (non-hydrogen) atoms.